The van der Waals surface area contributed by atoms with Gasteiger partial charge >= 0.3 is 0 Å². The highest BCUT2D eigenvalue weighted by Gasteiger charge is 2.38. The zero-order valence-corrected chi connectivity index (χ0v) is 11.5. The quantitative estimate of drug-likeness (QED) is 0.769. The molecule has 2 fully saturated rings. The highest BCUT2D eigenvalue weighted by molar-refractivity contribution is 6.00. The maximum Gasteiger partial charge on any atom is 0.228 e. The molecule has 0 aromatic carbocycles. The topological polar surface area (TPSA) is 81.3 Å². The van der Waals surface area contributed by atoms with Crippen LogP contribution in [-0.4, -0.2) is 59.1 Å². The molecule has 0 saturated carbocycles. The molecule has 2 aliphatic heterocycles. The molecule has 0 aliphatic carbocycles. The molecule has 2 N–H and O–H groups in total. The smallest absolute Gasteiger partial charge is 0.228 e. The van der Waals surface area contributed by atoms with Gasteiger partial charge in [-0.25, -0.2) is 0 Å². The standard InChI is InChI=1S/C13H19N5O2/c1-9-5-14-2-3-17(9)13(20)10-4-12(19)18(8-10)11-6-15-16-7-11/h6-7,9-10,14H,2-5,8H2,1H3,(H,15,16)/t9-,10-/m1/s1. The maximum atomic E-state index is 12.6. The zero-order valence-electron chi connectivity index (χ0n) is 11.5. The molecule has 0 spiro atoms. The van der Waals surface area contributed by atoms with Gasteiger partial charge in [0.15, 0.2) is 0 Å². The van der Waals surface area contributed by atoms with E-state index in [-0.39, 0.29) is 23.8 Å². The number of aromatic amines is 1. The first-order chi connectivity index (χ1) is 9.66. The van der Waals surface area contributed by atoms with E-state index >= 15 is 0 Å². The molecule has 2 saturated heterocycles. The summed E-state index contributed by atoms with van der Waals surface area (Å²) in [6, 6.07) is 0.189. The molecular formula is C13H19N5O2. The van der Waals surface area contributed by atoms with Crippen molar-refractivity contribution in [2.75, 3.05) is 31.1 Å². The van der Waals surface area contributed by atoms with Crippen molar-refractivity contribution in [3.05, 3.63) is 12.4 Å². The van der Waals surface area contributed by atoms with Gasteiger partial charge in [0.25, 0.3) is 0 Å². The zero-order chi connectivity index (χ0) is 14.1. The number of hydrogen-bond acceptors (Lipinski definition) is 4. The lowest BCUT2D eigenvalue weighted by Gasteiger charge is -2.35. The average molecular weight is 277 g/mol. The number of rotatable bonds is 2. The second-order valence-corrected chi connectivity index (χ2v) is 5.45. The van der Waals surface area contributed by atoms with Crippen LogP contribution in [0.25, 0.3) is 0 Å². The number of H-pyrrole nitrogens is 1. The van der Waals surface area contributed by atoms with Gasteiger partial charge in [-0.1, -0.05) is 0 Å². The largest absolute Gasteiger partial charge is 0.337 e. The van der Waals surface area contributed by atoms with E-state index in [4.69, 9.17) is 0 Å². The third-order valence-electron chi connectivity index (χ3n) is 4.05. The number of carbonyl (C=O) groups is 2. The number of aromatic nitrogens is 2. The van der Waals surface area contributed by atoms with Crippen molar-refractivity contribution in [1.82, 2.24) is 20.4 Å². The molecule has 3 rings (SSSR count). The summed E-state index contributed by atoms with van der Waals surface area (Å²) in [4.78, 5) is 28.2. The van der Waals surface area contributed by atoms with E-state index < -0.39 is 0 Å². The summed E-state index contributed by atoms with van der Waals surface area (Å²) in [5.74, 6) is -0.149. The number of anilines is 1. The van der Waals surface area contributed by atoms with Crippen LogP contribution < -0.4 is 10.2 Å². The number of nitrogens with one attached hydrogen (secondary N) is 2. The van der Waals surface area contributed by atoms with Crippen LogP contribution in [0.5, 0.6) is 0 Å². The predicted molar refractivity (Wildman–Crippen MR) is 73.1 cm³/mol. The molecule has 3 heterocycles. The fourth-order valence-corrected chi connectivity index (χ4v) is 2.92. The molecule has 7 nitrogen and oxygen atoms in total. The number of amides is 2. The first-order valence-electron chi connectivity index (χ1n) is 6.97. The Kier molecular flexibility index (Phi) is 3.43. The Balaban J connectivity index is 1.69. The van der Waals surface area contributed by atoms with Crippen LogP contribution in [0, 0.1) is 5.92 Å². The Bertz CT molecular complexity index is 501. The van der Waals surface area contributed by atoms with Crippen molar-refractivity contribution in [3.63, 3.8) is 0 Å². The molecule has 2 atom stereocenters. The second kappa shape index (κ2) is 5.24. The van der Waals surface area contributed by atoms with Gasteiger partial charge in [-0.3, -0.25) is 14.7 Å². The number of hydrogen-bond donors (Lipinski definition) is 2. The van der Waals surface area contributed by atoms with E-state index in [1.165, 1.54) is 0 Å². The van der Waals surface area contributed by atoms with E-state index in [1.54, 1.807) is 17.3 Å². The van der Waals surface area contributed by atoms with Crippen molar-refractivity contribution in [2.24, 2.45) is 5.92 Å². The molecule has 108 valence electrons. The van der Waals surface area contributed by atoms with Gasteiger partial charge in [-0.15, -0.1) is 0 Å². The minimum atomic E-state index is -0.238. The van der Waals surface area contributed by atoms with E-state index in [2.05, 4.69) is 15.5 Å². The highest BCUT2D eigenvalue weighted by atomic mass is 16.2. The SMILES string of the molecule is C[C@@H]1CNCCN1C(=O)[C@@H]1CC(=O)N(c2cn[nH]c2)C1. The van der Waals surface area contributed by atoms with Gasteiger partial charge in [-0.2, -0.15) is 5.10 Å². The molecule has 2 amide bonds. The lowest BCUT2D eigenvalue weighted by Crippen LogP contribution is -2.54. The van der Waals surface area contributed by atoms with E-state index in [0.717, 1.165) is 25.3 Å². The van der Waals surface area contributed by atoms with Crippen LogP contribution in [0.1, 0.15) is 13.3 Å². The summed E-state index contributed by atoms with van der Waals surface area (Å²) in [5, 5.41) is 9.81. The molecular weight excluding hydrogens is 258 g/mol. The first kappa shape index (κ1) is 13.1. The van der Waals surface area contributed by atoms with Crippen molar-refractivity contribution in [3.8, 4) is 0 Å². The molecule has 20 heavy (non-hydrogen) atoms. The number of carbonyl (C=O) groups excluding carboxylic acids is 2. The summed E-state index contributed by atoms with van der Waals surface area (Å²) >= 11 is 0. The van der Waals surface area contributed by atoms with Gasteiger partial charge < -0.3 is 15.1 Å². The molecule has 1 aromatic heterocycles. The van der Waals surface area contributed by atoms with Crippen LogP contribution >= 0.6 is 0 Å². The van der Waals surface area contributed by atoms with Crippen LogP contribution in [0.15, 0.2) is 12.4 Å². The summed E-state index contributed by atoms with van der Waals surface area (Å²) in [6.07, 6.45) is 3.58. The number of nitrogens with zero attached hydrogens (tertiary/aromatic N) is 3. The Morgan fingerprint density at radius 1 is 1.50 bits per heavy atom. The van der Waals surface area contributed by atoms with E-state index in [9.17, 15) is 9.59 Å². The van der Waals surface area contributed by atoms with Crippen LogP contribution in [0.2, 0.25) is 0 Å². The Morgan fingerprint density at radius 3 is 3.05 bits per heavy atom. The fraction of sp³-hybridized carbons (Fsp3) is 0.615. The summed E-state index contributed by atoms with van der Waals surface area (Å²) in [7, 11) is 0. The first-order valence-corrected chi connectivity index (χ1v) is 6.97. The van der Waals surface area contributed by atoms with Gasteiger partial charge in [0.05, 0.1) is 17.8 Å². The maximum absolute atomic E-state index is 12.6. The Hall–Kier alpha value is -1.89. The van der Waals surface area contributed by atoms with Gasteiger partial charge in [0, 0.05) is 44.8 Å². The Morgan fingerprint density at radius 2 is 2.35 bits per heavy atom. The second-order valence-electron chi connectivity index (χ2n) is 5.45. The Labute approximate surface area is 117 Å². The number of piperazine rings is 1. The average Bonchev–Trinajstić information content (AvgIpc) is 3.07. The molecule has 0 radical (unpaired) electrons. The lowest BCUT2D eigenvalue weighted by molar-refractivity contribution is -0.138. The van der Waals surface area contributed by atoms with Gasteiger partial charge in [0.1, 0.15) is 0 Å². The third-order valence-corrected chi connectivity index (χ3v) is 4.05. The van der Waals surface area contributed by atoms with Crippen molar-refractivity contribution in [1.29, 1.82) is 0 Å². The third kappa shape index (κ3) is 2.29. The minimum Gasteiger partial charge on any atom is -0.337 e. The van der Waals surface area contributed by atoms with Gasteiger partial charge in [0.2, 0.25) is 11.8 Å². The lowest BCUT2D eigenvalue weighted by atomic mass is 10.1. The minimum absolute atomic E-state index is 0.00691. The highest BCUT2D eigenvalue weighted by Crippen LogP contribution is 2.26. The summed E-state index contributed by atoms with van der Waals surface area (Å²) in [6.45, 7) is 4.85. The summed E-state index contributed by atoms with van der Waals surface area (Å²) < 4.78 is 0. The summed E-state index contributed by atoms with van der Waals surface area (Å²) in [5.41, 5.74) is 0.735. The molecule has 0 unspecified atom stereocenters. The molecule has 7 heteroatoms. The molecule has 1 aromatic rings. The van der Waals surface area contributed by atoms with Gasteiger partial charge in [-0.05, 0) is 6.92 Å². The van der Waals surface area contributed by atoms with Crippen LogP contribution in [0.3, 0.4) is 0 Å². The van der Waals surface area contributed by atoms with Crippen LogP contribution in [0.4, 0.5) is 5.69 Å². The predicted octanol–water partition coefficient (Wildman–Crippen LogP) is -0.417. The van der Waals surface area contributed by atoms with E-state index in [1.807, 2.05) is 11.8 Å². The normalized spacial score (nSPS) is 27.1. The van der Waals surface area contributed by atoms with Crippen molar-refractivity contribution < 1.29 is 9.59 Å². The van der Waals surface area contributed by atoms with E-state index in [0.29, 0.717) is 13.0 Å². The van der Waals surface area contributed by atoms with Crippen molar-refractivity contribution >= 4 is 17.5 Å². The molecule has 0 bridgehead atoms. The molecule has 2 aliphatic rings. The van der Waals surface area contributed by atoms with Crippen LogP contribution in [-0.2, 0) is 9.59 Å². The monoisotopic (exact) mass is 277 g/mol. The van der Waals surface area contributed by atoms with Crippen molar-refractivity contribution in [2.45, 2.75) is 19.4 Å². The fourth-order valence-electron chi connectivity index (χ4n) is 2.92.